The number of anilines is 1. The maximum Gasteiger partial charge on any atom is 0.316 e. The van der Waals surface area contributed by atoms with E-state index in [0.29, 0.717) is 0 Å². The number of carbonyl (C=O) groups is 2. The number of hydrazine groups is 1. The number of benzene rings is 1. The number of aromatic hydroxyl groups is 1. The largest absolute Gasteiger partial charge is 0.504 e. The van der Waals surface area contributed by atoms with Gasteiger partial charge in [0.25, 0.3) is 5.91 Å². The Morgan fingerprint density at radius 1 is 1.48 bits per heavy atom. The van der Waals surface area contributed by atoms with Crippen molar-refractivity contribution in [2.45, 2.75) is 6.42 Å². The van der Waals surface area contributed by atoms with Crippen LogP contribution in [0.1, 0.15) is 5.56 Å². The number of rotatable bonds is 3. The van der Waals surface area contributed by atoms with Gasteiger partial charge < -0.3 is 14.8 Å². The minimum absolute atomic E-state index is 0.0418. The summed E-state index contributed by atoms with van der Waals surface area (Å²) in [6, 6.07) is 1.12. The molecule has 1 aliphatic heterocycles. The predicted molar refractivity (Wildman–Crippen MR) is 76.6 cm³/mol. The van der Waals surface area contributed by atoms with Gasteiger partial charge in [-0.25, -0.2) is 19.8 Å². The van der Waals surface area contributed by atoms with Crippen molar-refractivity contribution >= 4 is 17.6 Å². The monoisotopic (exact) mass is 320 g/mol. The number of imidazole rings is 1. The summed E-state index contributed by atoms with van der Waals surface area (Å²) in [5, 5.41) is 20.5. The normalized spacial score (nSPS) is 17.2. The summed E-state index contributed by atoms with van der Waals surface area (Å²) in [7, 11) is 1.41. The van der Waals surface area contributed by atoms with E-state index < -0.39 is 29.4 Å². The van der Waals surface area contributed by atoms with E-state index in [4.69, 9.17) is 5.11 Å². The zero-order valence-electron chi connectivity index (χ0n) is 12.0. The molecule has 0 saturated carbocycles. The van der Waals surface area contributed by atoms with Gasteiger partial charge in [0.2, 0.25) is 0 Å². The molecule has 1 aliphatic rings. The van der Waals surface area contributed by atoms with E-state index in [9.17, 15) is 19.1 Å². The quantitative estimate of drug-likeness (QED) is 0.708. The van der Waals surface area contributed by atoms with Crippen molar-refractivity contribution in [2.75, 3.05) is 12.1 Å². The molecule has 1 unspecified atom stereocenters. The fourth-order valence-corrected chi connectivity index (χ4v) is 2.70. The van der Waals surface area contributed by atoms with E-state index >= 15 is 0 Å². The van der Waals surface area contributed by atoms with Crippen molar-refractivity contribution in [3.8, 4) is 11.4 Å². The van der Waals surface area contributed by atoms with Crippen LogP contribution in [0.2, 0.25) is 0 Å². The molecule has 120 valence electrons. The molecule has 9 heteroatoms. The van der Waals surface area contributed by atoms with Gasteiger partial charge in [-0.1, -0.05) is 0 Å². The molecule has 1 aromatic heterocycles. The topological polar surface area (TPSA) is 108 Å². The number of amides is 1. The number of carbonyl (C=O) groups excluding carboxylic acids is 1. The molecule has 0 radical (unpaired) electrons. The number of aromatic nitrogens is 2. The fraction of sp³-hybridized carbons (Fsp3) is 0.214. The third-order valence-corrected chi connectivity index (χ3v) is 3.73. The number of phenols is 1. The summed E-state index contributed by atoms with van der Waals surface area (Å²) in [5.41, 5.74) is 2.65. The number of aliphatic carboxylic acids is 1. The number of hydrogen-bond acceptors (Lipinski definition) is 5. The third-order valence-electron chi connectivity index (χ3n) is 3.73. The summed E-state index contributed by atoms with van der Waals surface area (Å²) in [6.45, 7) is 0. The van der Waals surface area contributed by atoms with Crippen LogP contribution in [0.25, 0.3) is 5.69 Å². The van der Waals surface area contributed by atoms with Crippen LogP contribution in [0, 0.1) is 11.7 Å². The van der Waals surface area contributed by atoms with Gasteiger partial charge in [0.05, 0.1) is 6.33 Å². The molecule has 8 nitrogen and oxygen atoms in total. The molecule has 23 heavy (non-hydrogen) atoms. The highest BCUT2D eigenvalue weighted by molar-refractivity contribution is 6.08. The van der Waals surface area contributed by atoms with Gasteiger partial charge in [-0.3, -0.25) is 9.59 Å². The Balaban J connectivity index is 2.23. The van der Waals surface area contributed by atoms with Gasteiger partial charge in [-0.15, -0.1) is 0 Å². The lowest BCUT2D eigenvalue weighted by Crippen LogP contribution is -2.50. The number of hydrogen-bond donors (Lipinski definition) is 3. The molecule has 0 aliphatic carbocycles. The van der Waals surface area contributed by atoms with Crippen molar-refractivity contribution in [3.05, 3.63) is 36.2 Å². The number of carboxylic acids is 1. The summed E-state index contributed by atoms with van der Waals surface area (Å²) in [5.74, 6) is -4.59. The van der Waals surface area contributed by atoms with Crippen molar-refractivity contribution in [2.24, 2.45) is 5.92 Å². The first kappa shape index (κ1) is 15.0. The van der Waals surface area contributed by atoms with Crippen molar-refractivity contribution in [1.29, 1.82) is 0 Å². The molecule has 0 bridgehead atoms. The smallest absolute Gasteiger partial charge is 0.316 e. The van der Waals surface area contributed by atoms with Crippen molar-refractivity contribution in [3.63, 3.8) is 0 Å². The Morgan fingerprint density at radius 3 is 2.78 bits per heavy atom. The highest BCUT2D eigenvalue weighted by Crippen LogP contribution is 2.42. The van der Waals surface area contributed by atoms with Crippen LogP contribution in [0.3, 0.4) is 0 Å². The van der Waals surface area contributed by atoms with Gasteiger partial charge in [-0.05, 0) is 18.1 Å². The lowest BCUT2D eigenvalue weighted by atomic mass is 9.91. The summed E-state index contributed by atoms with van der Waals surface area (Å²) in [6.07, 6.45) is 3.97. The molecule has 3 rings (SSSR count). The minimum Gasteiger partial charge on any atom is -0.504 e. The highest BCUT2D eigenvalue weighted by Gasteiger charge is 2.40. The standard InChI is InChI=1S/C14H13FN4O4/c1-16-19-10-7(4-8(13(19)21)14(22)23)5-9(15)11(12(10)20)18-3-2-17-6-18/h2-3,5-6,8,16,20H,4H2,1H3,(H,22,23). The Morgan fingerprint density at radius 2 is 2.22 bits per heavy atom. The summed E-state index contributed by atoms with van der Waals surface area (Å²) >= 11 is 0. The van der Waals surface area contributed by atoms with Crippen LogP contribution in [0.15, 0.2) is 24.8 Å². The van der Waals surface area contributed by atoms with E-state index in [1.54, 1.807) is 0 Å². The molecule has 1 atom stereocenters. The Hall–Kier alpha value is -2.94. The molecule has 1 amide bonds. The molecule has 0 spiro atoms. The van der Waals surface area contributed by atoms with E-state index in [2.05, 4.69) is 10.4 Å². The molecule has 0 fully saturated rings. The Bertz CT molecular complexity index is 791. The second-order valence-corrected chi connectivity index (χ2v) is 5.03. The van der Waals surface area contributed by atoms with Crippen LogP contribution < -0.4 is 10.4 Å². The van der Waals surface area contributed by atoms with E-state index in [0.717, 1.165) is 11.1 Å². The van der Waals surface area contributed by atoms with Gasteiger partial charge in [0.1, 0.15) is 17.3 Å². The number of phenolic OH excluding ortho intramolecular Hbond substituents is 1. The van der Waals surface area contributed by atoms with Gasteiger partial charge in [-0.2, -0.15) is 0 Å². The van der Waals surface area contributed by atoms with Crippen LogP contribution in [-0.4, -0.2) is 38.7 Å². The zero-order chi connectivity index (χ0) is 16.7. The number of halogens is 1. The average molecular weight is 320 g/mol. The molecule has 2 heterocycles. The number of nitrogens with one attached hydrogen (secondary N) is 1. The number of fused-ring (bicyclic) bond motifs is 1. The van der Waals surface area contributed by atoms with Crippen LogP contribution in [-0.2, 0) is 16.0 Å². The molecular formula is C14H13FN4O4. The molecule has 3 N–H and O–H groups in total. The zero-order valence-corrected chi connectivity index (χ0v) is 12.0. The second-order valence-electron chi connectivity index (χ2n) is 5.03. The first-order chi connectivity index (χ1) is 11.0. The van der Waals surface area contributed by atoms with Crippen molar-refractivity contribution < 1.29 is 24.2 Å². The van der Waals surface area contributed by atoms with E-state index in [1.165, 1.54) is 30.3 Å². The van der Waals surface area contributed by atoms with Gasteiger partial charge in [0.15, 0.2) is 11.6 Å². The highest BCUT2D eigenvalue weighted by atomic mass is 19.1. The SMILES string of the molecule is CNN1C(=O)C(C(=O)O)Cc2cc(F)c(-n3ccnc3)c(O)c21. The number of nitrogens with zero attached hydrogens (tertiary/aromatic N) is 3. The lowest BCUT2D eigenvalue weighted by molar-refractivity contribution is -0.146. The first-order valence-electron chi connectivity index (χ1n) is 6.72. The van der Waals surface area contributed by atoms with Gasteiger partial charge >= 0.3 is 5.97 Å². The van der Waals surface area contributed by atoms with Gasteiger partial charge in [0, 0.05) is 19.4 Å². The Kier molecular flexibility index (Phi) is 3.49. The maximum atomic E-state index is 14.4. The molecule has 2 aromatic rings. The molecule has 0 saturated heterocycles. The Labute approximate surface area is 129 Å². The number of carboxylic acid groups (broad SMARTS) is 1. The molecular weight excluding hydrogens is 307 g/mol. The second kappa shape index (κ2) is 5.36. The summed E-state index contributed by atoms with van der Waals surface area (Å²) in [4.78, 5) is 27.3. The first-order valence-corrected chi connectivity index (χ1v) is 6.72. The average Bonchev–Trinajstić information content (AvgIpc) is 3.01. The molecule has 1 aromatic carbocycles. The van der Waals surface area contributed by atoms with E-state index in [-0.39, 0.29) is 23.4 Å². The van der Waals surface area contributed by atoms with E-state index in [1.807, 2.05) is 0 Å². The van der Waals surface area contributed by atoms with Crippen molar-refractivity contribution in [1.82, 2.24) is 15.0 Å². The fourth-order valence-electron chi connectivity index (χ4n) is 2.70. The van der Waals surface area contributed by atoms with Crippen LogP contribution in [0.5, 0.6) is 5.75 Å². The predicted octanol–water partition coefficient (Wildman–Crippen LogP) is 0.441. The third kappa shape index (κ3) is 2.21. The lowest BCUT2D eigenvalue weighted by Gasteiger charge is -2.32. The van der Waals surface area contributed by atoms with Crippen LogP contribution in [0.4, 0.5) is 10.1 Å². The maximum absolute atomic E-state index is 14.4. The minimum atomic E-state index is -1.34. The summed E-state index contributed by atoms with van der Waals surface area (Å²) < 4.78 is 15.6. The van der Waals surface area contributed by atoms with Crippen LogP contribution >= 0.6 is 0 Å².